The Morgan fingerprint density at radius 2 is 1.62 bits per heavy atom. The molecule has 0 atom stereocenters. The van der Waals surface area contributed by atoms with Crippen molar-refractivity contribution in [3.63, 3.8) is 0 Å². The molecule has 2 rings (SSSR count). The summed E-state index contributed by atoms with van der Waals surface area (Å²) in [4.78, 5) is 0. The average molecular weight is 296 g/mol. The van der Waals surface area contributed by atoms with Gasteiger partial charge in [-0.1, -0.05) is 12.1 Å². The molecule has 5 heteroatoms. The normalized spacial score (nSPS) is 11.3. The molecule has 0 spiro atoms. The largest absolute Gasteiger partial charge is 0.573 e. The van der Waals surface area contributed by atoms with E-state index in [0.717, 1.165) is 16.7 Å². The molecule has 0 unspecified atom stereocenters. The molecule has 0 aromatic heterocycles. The number of ether oxygens (including phenoxy) is 2. The van der Waals surface area contributed by atoms with E-state index in [-0.39, 0.29) is 5.75 Å². The second-order valence-electron chi connectivity index (χ2n) is 4.76. The zero-order valence-electron chi connectivity index (χ0n) is 11.9. The average Bonchev–Trinajstić information content (AvgIpc) is 2.38. The first kappa shape index (κ1) is 15.2. The zero-order chi connectivity index (χ0) is 15.6. The minimum Gasteiger partial charge on any atom is -0.497 e. The van der Waals surface area contributed by atoms with Crippen molar-refractivity contribution >= 4 is 0 Å². The van der Waals surface area contributed by atoms with Crippen LogP contribution in [0.25, 0.3) is 11.1 Å². The molecular weight excluding hydrogens is 281 g/mol. The Balaban J connectivity index is 2.48. The number of alkyl halides is 3. The van der Waals surface area contributed by atoms with E-state index < -0.39 is 6.36 Å². The Morgan fingerprint density at radius 3 is 2.24 bits per heavy atom. The highest BCUT2D eigenvalue weighted by Crippen LogP contribution is 2.32. The van der Waals surface area contributed by atoms with Gasteiger partial charge in [-0.15, -0.1) is 13.2 Å². The predicted octanol–water partition coefficient (Wildman–Crippen LogP) is 4.88. The van der Waals surface area contributed by atoms with Crippen LogP contribution in [0.1, 0.15) is 11.1 Å². The summed E-state index contributed by atoms with van der Waals surface area (Å²) in [6.45, 7) is 3.74. The Hall–Kier alpha value is -2.17. The highest BCUT2D eigenvalue weighted by Gasteiger charge is 2.31. The molecule has 0 saturated carbocycles. The van der Waals surface area contributed by atoms with Gasteiger partial charge in [0.1, 0.15) is 11.5 Å². The molecule has 0 heterocycles. The molecule has 0 fully saturated rings. The van der Waals surface area contributed by atoms with Gasteiger partial charge in [-0.2, -0.15) is 0 Å². The third kappa shape index (κ3) is 3.90. The van der Waals surface area contributed by atoms with Gasteiger partial charge in [-0.05, 0) is 60.4 Å². The molecule has 2 aromatic carbocycles. The molecule has 0 saturated heterocycles. The van der Waals surface area contributed by atoms with Crippen LogP contribution in [-0.2, 0) is 0 Å². The minimum absolute atomic E-state index is 0.233. The van der Waals surface area contributed by atoms with Gasteiger partial charge in [-0.25, -0.2) is 0 Å². The van der Waals surface area contributed by atoms with E-state index in [1.54, 1.807) is 19.2 Å². The van der Waals surface area contributed by atoms with E-state index in [9.17, 15) is 13.2 Å². The van der Waals surface area contributed by atoms with Crippen LogP contribution >= 0.6 is 0 Å². The van der Waals surface area contributed by atoms with E-state index in [0.29, 0.717) is 11.3 Å². The number of hydrogen-bond donors (Lipinski definition) is 0. The fourth-order valence-electron chi connectivity index (χ4n) is 2.13. The van der Waals surface area contributed by atoms with Crippen LogP contribution in [0.4, 0.5) is 13.2 Å². The fraction of sp³-hybridized carbons (Fsp3) is 0.250. The summed E-state index contributed by atoms with van der Waals surface area (Å²) in [5, 5.41) is 0. The summed E-state index contributed by atoms with van der Waals surface area (Å²) in [7, 11) is 1.55. The molecule has 0 aliphatic rings. The number of hydrogen-bond acceptors (Lipinski definition) is 2. The third-order valence-electron chi connectivity index (χ3n) is 3.04. The molecule has 2 aromatic rings. The summed E-state index contributed by atoms with van der Waals surface area (Å²) < 4.78 is 46.1. The maximum atomic E-state index is 12.3. The van der Waals surface area contributed by atoms with Crippen LogP contribution in [0.3, 0.4) is 0 Å². The SMILES string of the molecule is COc1cc(C)cc(-c2cc(OC(F)(F)F)ccc2C)c1. The van der Waals surface area contributed by atoms with Crippen molar-refractivity contribution < 1.29 is 22.6 Å². The topological polar surface area (TPSA) is 18.5 Å². The van der Waals surface area contributed by atoms with Gasteiger partial charge in [0.2, 0.25) is 0 Å². The second-order valence-corrected chi connectivity index (χ2v) is 4.76. The van der Waals surface area contributed by atoms with Gasteiger partial charge in [0.05, 0.1) is 7.11 Å². The van der Waals surface area contributed by atoms with E-state index >= 15 is 0 Å². The third-order valence-corrected chi connectivity index (χ3v) is 3.04. The maximum Gasteiger partial charge on any atom is 0.573 e. The molecule has 112 valence electrons. The molecule has 0 radical (unpaired) electrons. The Morgan fingerprint density at radius 1 is 0.905 bits per heavy atom. The number of halogens is 3. The number of methoxy groups -OCH3 is 1. The molecule has 0 amide bonds. The molecule has 0 bridgehead atoms. The van der Waals surface area contributed by atoms with Gasteiger partial charge >= 0.3 is 6.36 Å². The van der Waals surface area contributed by atoms with Crippen molar-refractivity contribution in [2.24, 2.45) is 0 Å². The van der Waals surface area contributed by atoms with Crippen LogP contribution in [0.5, 0.6) is 11.5 Å². The van der Waals surface area contributed by atoms with Crippen molar-refractivity contribution in [3.05, 3.63) is 47.5 Å². The summed E-state index contributed by atoms with van der Waals surface area (Å²) in [5.41, 5.74) is 3.29. The monoisotopic (exact) mass is 296 g/mol. The number of aryl methyl sites for hydroxylation is 2. The quantitative estimate of drug-likeness (QED) is 0.804. The van der Waals surface area contributed by atoms with Crippen molar-refractivity contribution in [1.29, 1.82) is 0 Å². The molecule has 21 heavy (non-hydrogen) atoms. The highest BCUT2D eigenvalue weighted by molar-refractivity contribution is 5.70. The van der Waals surface area contributed by atoms with Crippen molar-refractivity contribution in [2.45, 2.75) is 20.2 Å². The van der Waals surface area contributed by atoms with Gasteiger partial charge in [0, 0.05) is 0 Å². The van der Waals surface area contributed by atoms with Crippen LogP contribution in [-0.4, -0.2) is 13.5 Å². The highest BCUT2D eigenvalue weighted by atomic mass is 19.4. The lowest BCUT2D eigenvalue weighted by atomic mass is 9.98. The van der Waals surface area contributed by atoms with E-state index in [1.165, 1.54) is 12.1 Å². The first-order chi connectivity index (χ1) is 9.78. The van der Waals surface area contributed by atoms with Gasteiger partial charge in [0.25, 0.3) is 0 Å². The summed E-state index contributed by atoms with van der Waals surface area (Å²) in [5.74, 6) is 0.426. The van der Waals surface area contributed by atoms with E-state index in [4.69, 9.17) is 4.74 Å². The summed E-state index contributed by atoms with van der Waals surface area (Å²) in [6, 6.07) is 9.82. The lowest BCUT2D eigenvalue weighted by Crippen LogP contribution is -2.17. The van der Waals surface area contributed by atoms with Crippen molar-refractivity contribution in [1.82, 2.24) is 0 Å². The van der Waals surface area contributed by atoms with Crippen molar-refractivity contribution in [3.8, 4) is 22.6 Å². The van der Waals surface area contributed by atoms with Gasteiger partial charge in [0.15, 0.2) is 0 Å². The molecule has 0 N–H and O–H groups in total. The van der Waals surface area contributed by atoms with Crippen LogP contribution < -0.4 is 9.47 Å². The minimum atomic E-state index is -4.70. The smallest absolute Gasteiger partial charge is 0.497 e. The predicted molar refractivity (Wildman–Crippen MR) is 74.6 cm³/mol. The molecular formula is C16H15F3O2. The molecule has 0 aliphatic carbocycles. The number of benzene rings is 2. The standard InChI is InChI=1S/C16H15F3O2/c1-10-6-12(8-14(7-10)20-3)15-9-13(5-4-11(15)2)21-16(17,18)19/h4-9H,1-3H3. The Bertz CT molecular complexity index is 648. The Labute approximate surface area is 121 Å². The zero-order valence-corrected chi connectivity index (χ0v) is 11.9. The summed E-state index contributed by atoms with van der Waals surface area (Å²) in [6.07, 6.45) is -4.70. The fourth-order valence-corrected chi connectivity index (χ4v) is 2.13. The van der Waals surface area contributed by atoms with Crippen LogP contribution in [0.2, 0.25) is 0 Å². The lowest BCUT2D eigenvalue weighted by molar-refractivity contribution is -0.274. The van der Waals surface area contributed by atoms with E-state index in [1.807, 2.05) is 26.0 Å². The van der Waals surface area contributed by atoms with Gasteiger partial charge in [-0.3, -0.25) is 0 Å². The van der Waals surface area contributed by atoms with Crippen LogP contribution in [0, 0.1) is 13.8 Å². The second kappa shape index (κ2) is 5.68. The summed E-state index contributed by atoms with van der Waals surface area (Å²) >= 11 is 0. The first-order valence-corrected chi connectivity index (χ1v) is 6.31. The maximum absolute atomic E-state index is 12.3. The number of rotatable bonds is 3. The molecule has 0 aliphatic heterocycles. The lowest BCUT2D eigenvalue weighted by Gasteiger charge is -2.13. The molecule has 2 nitrogen and oxygen atoms in total. The van der Waals surface area contributed by atoms with E-state index in [2.05, 4.69) is 4.74 Å². The van der Waals surface area contributed by atoms with Crippen molar-refractivity contribution in [2.75, 3.05) is 7.11 Å². The van der Waals surface area contributed by atoms with Gasteiger partial charge < -0.3 is 9.47 Å². The first-order valence-electron chi connectivity index (χ1n) is 6.31. The van der Waals surface area contributed by atoms with Crippen LogP contribution in [0.15, 0.2) is 36.4 Å². The Kier molecular flexibility index (Phi) is 4.11.